The van der Waals surface area contributed by atoms with Crippen molar-refractivity contribution in [1.29, 1.82) is 5.26 Å². The Labute approximate surface area is 129 Å². The Balaban J connectivity index is 1.96. The molecule has 4 nitrogen and oxygen atoms in total. The molecule has 0 bridgehead atoms. The first-order valence-corrected chi connectivity index (χ1v) is 7.05. The van der Waals surface area contributed by atoms with Crippen molar-refractivity contribution in [2.24, 2.45) is 0 Å². The van der Waals surface area contributed by atoms with Crippen LogP contribution < -0.4 is 0 Å². The van der Waals surface area contributed by atoms with E-state index in [1.807, 2.05) is 0 Å². The van der Waals surface area contributed by atoms with Gasteiger partial charge in [0.25, 0.3) is 11.8 Å². The molecule has 2 amide bonds. The van der Waals surface area contributed by atoms with Gasteiger partial charge in [0.05, 0.1) is 29.3 Å². The first kappa shape index (κ1) is 13.5. The lowest BCUT2D eigenvalue weighted by Gasteiger charge is -2.14. The zero-order valence-corrected chi connectivity index (χ0v) is 12.4. The van der Waals surface area contributed by atoms with Crippen molar-refractivity contribution < 1.29 is 9.59 Å². The van der Waals surface area contributed by atoms with Gasteiger partial charge in [-0.05, 0) is 29.8 Å². The lowest BCUT2D eigenvalue weighted by Crippen LogP contribution is -2.29. The van der Waals surface area contributed by atoms with Crippen LogP contribution in [0.1, 0.15) is 31.8 Å². The van der Waals surface area contributed by atoms with Gasteiger partial charge in [-0.1, -0.05) is 34.1 Å². The van der Waals surface area contributed by atoms with Crippen molar-refractivity contribution in [3.8, 4) is 6.07 Å². The summed E-state index contributed by atoms with van der Waals surface area (Å²) in [6.45, 7) is 0.0997. The van der Waals surface area contributed by atoms with Crippen molar-refractivity contribution in [1.82, 2.24) is 4.90 Å². The summed E-state index contributed by atoms with van der Waals surface area (Å²) < 4.78 is 0.783. The topological polar surface area (TPSA) is 61.2 Å². The third kappa shape index (κ3) is 2.24. The molecular formula is C16H9BrN2O2. The van der Waals surface area contributed by atoms with Crippen LogP contribution in [0.25, 0.3) is 0 Å². The number of fused-ring (bicyclic) bond motifs is 1. The second-order valence-electron chi connectivity index (χ2n) is 4.66. The number of amides is 2. The summed E-state index contributed by atoms with van der Waals surface area (Å²) in [4.78, 5) is 25.8. The molecule has 102 valence electrons. The Morgan fingerprint density at radius 2 is 1.67 bits per heavy atom. The van der Waals surface area contributed by atoms with E-state index < -0.39 is 0 Å². The number of rotatable bonds is 2. The summed E-state index contributed by atoms with van der Waals surface area (Å²) in [5.74, 6) is -0.634. The molecule has 2 aromatic carbocycles. The number of imide groups is 1. The first-order valence-electron chi connectivity index (χ1n) is 6.25. The summed E-state index contributed by atoms with van der Waals surface area (Å²) in [7, 11) is 0. The number of hydrogen-bond acceptors (Lipinski definition) is 3. The highest BCUT2D eigenvalue weighted by atomic mass is 79.9. The zero-order valence-electron chi connectivity index (χ0n) is 10.8. The monoisotopic (exact) mass is 340 g/mol. The predicted octanol–water partition coefficient (Wildman–Crippen LogP) is 3.12. The Morgan fingerprint density at radius 1 is 1.05 bits per heavy atom. The van der Waals surface area contributed by atoms with Crippen LogP contribution in [-0.4, -0.2) is 16.7 Å². The fourth-order valence-electron chi connectivity index (χ4n) is 2.34. The zero-order chi connectivity index (χ0) is 15.0. The molecule has 0 atom stereocenters. The van der Waals surface area contributed by atoms with Crippen molar-refractivity contribution in [3.05, 3.63) is 69.2 Å². The summed E-state index contributed by atoms with van der Waals surface area (Å²) in [6, 6.07) is 14.0. The molecule has 0 spiro atoms. The highest BCUT2D eigenvalue weighted by molar-refractivity contribution is 9.10. The third-order valence-corrected chi connectivity index (χ3v) is 3.89. The van der Waals surface area contributed by atoms with Crippen LogP contribution in [0.4, 0.5) is 0 Å². The average Bonchev–Trinajstić information content (AvgIpc) is 2.74. The van der Waals surface area contributed by atoms with Crippen molar-refractivity contribution >= 4 is 27.7 Å². The van der Waals surface area contributed by atoms with Gasteiger partial charge in [-0.3, -0.25) is 14.5 Å². The number of hydrogen-bond donors (Lipinski definition) is 0. The Morgan fingerprint density at radius 3 is 2.24 bits per heavy atom. The lowest BCUT2D eigenvalue weighted by atomic mass is 10.1. The minimum atomic E-state index is -0.317. The minimum Gasteiger partial charge on any atom is -0.270 e. The van der Waals surface area contributed by atoms with Crippen LogP contribution >= 0.6 is 15.9 Å². The SMILES string of the molecule is N#Cc1cc(Br)ccc1CN1C(=O)c2ccccc2C1=O. The van der Waals surface area contributed by atoms with Gasteiger partial charge < -0.3 is 0 Å². The molecule has 0 fully saturated rings. The number of nitrogens with zero attached hydrogens (tertiary/aromatic N) is 2. The van der Waals surface area contributed by atoms with Crippen LogP contribution in [0.3, 0.4) is 0 Å². The average molecular weight is 341 g/mol. The number of benzene rings is 2. The van der Waals surface area contributed by atoms with E-state index in [4.69, 9.17) is 5.26 Å². The molecule has 1 aliphatic heterocycles. The maximum absolute atomic E-state index is 12.3. The summed E-state index contributed by atoms with van der Waals surface area (Å²) in [5.41, 5.74) is 1.92. The number of carbonyl (C=O) groups excluding carboxylic acids is 2. The Kier molecular flexibility index (Phi) is 3.32. The van der Waals surface area contributed by atoms with E-state index >= 15 is 0 Å². The molecule has 5 heteroatoms. The smallest absolute Gasteiger partial charge is 0.261 e. The predicted molar refractivity (Wildman–Crippen MR) is 79.5 cm³/mol. The molecule has 0 aromatic heterocycles. The van der Waals surface area contributed by atoms with Crippen molar-refractivity contribution in [3.63, 3.8) is 0 Å². The van der Waals surface area contributed by atoms with Gasteiger partial charge in [0.2, 0.25) is 0 Å². The number of nitriles is 1. The van der Waals surface area contributed by atoms with Crippen molar-refractivity contribution in [2.45, 2.75) is 6.54 Å². The van der Waals surface area contributed by atoms with Crippen molar-refractivity contribution in [2.75, 3.05) is 0 Å². The maximum atomic E-state index is 12.3. The summed E-state index contributed by atoms with van der Waals surface area (Å²) in [5, 5.41) is 9.16. The van der Waals surface area contributed by atoms with E-state index in [0.29, 0.717) is 22.3 Å². The summed E-state index contributed by atoms with van der Waals surface area (Å²) in [6.07, 6.45) is 0. The van der Waals surface area contributed by atoms with Crippen LogP contribution in [0.15, 0.2) is 46.9 Å². The molecule has 0 saturated heterocycles. The molecule has 0 N–H and O–H groups in total. The van der Waals surface area contributed by atoms with E-state index in [1.54, 1.807) is 42.5 Å². The van der Waals surface area contributed by atoms with E-state index in [0.717, 1.165) is 4.47 Å². The van der Waals surface area contributed by atoms with E-state index in [9.17, 15) is 9.59 Å². The van der Waals surface area contributed by atoms with Gasteiger partial charge >= 0.3 is 0 Å². The number of halogens is 1. The quantitative estimate of drug-likeness (QED) is 0.789. The largest absolute Gasteiger partial charge is 0.270 e. The van der Waals surface area contributed by atoms with Crippen LogP contribution in [0.5, 0.6) is 0 Å². The first-order chi connectivity index (χ1) is 10.1. The standard InChI is InChI=1S/C16H9BrN2O2/c17-12-6-5-10(11(7-12)8-18)9-19-15(20)13-3-1-2-4-14(13)16(19)21/h1-7H,9H2. The molecule has 3 rings (SSSR count). The van der Waals surface area contributed by atoms with Gasteiger partial charge in [0.1, 0.15) is 0 Å². The molecule has 0 saturated carbocycles. The van der Waals surface area contributed by atoms with Gasteiger partial charge in [-0.2, -0.15) is 5.26 Å². The normalized spacial score (nSPS) is 13.2. The highest BCUT2D eigenvalue weighted by Gasteiger charge is 2.35. The van der Waals surface area contributed by atoms with Gasteiger partial charge in [-0.15, -0.1) is 0 Å². The van der Waals surface area contributed by atoms with Gasteiger partial charge in [0, 0.05) is 4.47 Å². The van der Waals surface area contributed by atoms with E-state index in [1.165, 1.54) is 4.90 Å². The molecule has 1 aliphatic rings. The molecule has 0 aliphatic carbocycles. The number of carbonyl (C=O) groups is 2. The Bertz CT molecular complexity index is 773. The molecule has 1 heterocycles. The van der Waals surface area contributed by atoms with Gasteiger partial charge in [0.15, 0.2) is 0 Å². The molecular weight excluding hydrogens is 332 g/mol. The van der Waals surface area contributed by atoms with Crippen LogP contribution in [-0.2, 0) is 6.54 Å². The summed E-state index contributed by atoms with van der Waals surface area (Å²) >= 11 is 3.30. The lowest BCUT2D eigenvalue weighted by molar-refractivity contribution is 0.0642. The second kappa shape index (κ2) is 5.15. The molecule has 2 aromatic rings. The second-order valence-corrected chi connectivity index (χ2v) is 5.57. The van der Waals surface area contributed by atoms with Crippen LogP contribution in [0.2, 0.25) is 0 Å². The fraction of sp³-hybridized carbons (Fsp3) is 0.0625. The molecule has 0 unspecified atom stereocenters. The highest BCUT2D eigenvalue weighted by Crippen LogP contribution is 2.25. The molecule has 21 heavy (non-hydrogen) atoms. The maximum Gasteiger partial charge on any atom is 0.261 e. The third-order valence-electron chi connectivity index (χ3n) is 3.40. The van der Waals surface area contributed by atoms with E-state index in [2.05, 4.69) is 22.0 Å². The van der Waals surface area contributed by atoms with Gasteiger partial charge in [-0.25, -0.2) is 0 Å². The Hall–Kier alpha value is -2.45. The molecule has 0 radical (unpaired) electrons. The fourth-order valence-corrected chi connectivity index (χ4v) is 2.70. The minimum absolute atomic E-state index is 0.0997. The van der Waals surface area contributed by atoms with E-state index in [-0.39, 0.29) is 18.4 Å². The van der Waals surface area contributed by atoms with Crippen LogP contribution in [0, 0.1) is 11.3 Å².